The van der Waals surface area contributed by atoms with E-state index in [1.807, 2.05) is 30.3 Å². The van der Waals surface area contributed by atoms with Crippen LogP contribution in [-0.2, 0) is 20.8 Å². The van der Waals surface area contributed by atoms with Crippen LogP contribution in [0.4, 0.5) is 0 Å². The standard InChI is InChI=1S/C27H26Cl2N4O5/c1-17(38-24-12-11-20(28)14-21(24)29)26(35)32-22(13-18-7-3-2-4-8-18)27(36)33-31-15-19-9-5-6-10-23(19)37-16-25(30)34/h2-12,14-15,17,22H,13,16H2,1H3,(H2,30,34)(H,32,35)(H,33,36)/b31-15-/t17-,22+/m1/s1. The minimum Gasteiger partial charge on any atom is -0.483 e. The molecule has 198 valence electrons. The van der Waals surface area contributed by atoms with Crippen molar-refractivity contribution in [2.75, 3.05) is 6.61 Å². The Morgan fingerprint density at radius 2 is 1.68 bits per heavy atom. The molecule has 0 unspecified atom stereocenters. The maximum Gasteiger partial charge on any atom is 0.262 e. The fourth-order valence-corrected chi connectivity index (χ4v) is 3.73. The molecule has 4 N–H and O–H groups in total. The van der Waals surface area contributed by atoms with E-state index in [0.29, 0.717) is 16.3 Å². The van der Waals surface area contributed by atoms with E-state index >= 15 is 0 Å². The highest BCUT2D eigenvalue weighted by Crippen LogP contribution is 2.28. The number of hydrogen-bond donors (Lipinski definition) is 3. The van der Waals surface area contributed by atoms with Gasteiger partial charge in [0.25, 0.3) is 17.7 Å². The van der Waals surface area contributed by atoms with Gasteiger partial charge in [-0.05, 0) is 42.8 Å². The number of benzene rings is 3. The Balaban J connectivity index is 1.70. The van der Waals surface area contributed by atoms with Crippen LogP contribution in [0.2, 0.25) is 10.0 Å². The molecule has 0 aromatic heterocycles. The number of halogens is 2. The third kappa shape index (κ3) is 8.79. The van der Waals surface area contributed by atoms with E-state index < -0.39 is 29.9 Å². The van der Waals surface area contributed by atoms with Gasteiger partial charge in [0.2, 0.25) is 0 Å². The average molecular weight is 557 g/mol. The Morgan fingerprint density at radius 1 is 0.974 bits per heavy atom. The second-order valence-corrected chi connectivity index (χ2v) is 8.96. The van der Waals surface area contributed by atoms with Gasteiger partial charge < -0.3 is 20.5 Å². The number of nitrogens with two attached hydrogens (primary N) is 1. The summed E-state index contributed by atoms with van der Waals surface area (Å²) in [6.07, 6.45) is 0.613. The zero-order valence-electron chi connectivity index (χ0n) is 20.4. The topological polar surface area (TPSA) is 132 Å². The maximum absolute atomic E-state index is 13.0. The molecule has 0 saturated heterocycles. The van der Waals surface area contributed by atoms with Crippen LogP contribution in [0.1, 0.15) is 18.1 Å². The molecule has 0 fully saturated rings. The lowest BCUT2D eigenvalue weighted by Gasteiger charge is -2.21. The molecule has 3 amide bonds. The number of rotatable bonds is 12. The van der Waals surface area contributed by atoms with Gasteiger partial charge in [-0.2, -0.15) is 5.10 Å². The molecule has 9 nitrogen and oxygen atoms in total. The van der Waals surface area contributed by atoms with Crippen molar-refractivity contribution in [3.05, 3.63) is 94.0 Å². The molecule has 3 aromatic carbocycles. The third-order valence-corrected chi connectivity index (χ3v) is 5.68. The number of hydrazone groups is 1. The molecule has 0 aliphatic carbocycles. The summed E-state index contributed by atoms with van der Waals surface area (Å²) in [6.45, 7) is 1.24. The summed E-state index contributed by atoms with van der Waals surface area (Å²) in [4.78, 5) is 37.0. The van der Waals surface area contributed by atoms with Crippen LogP contribution in [0.3, 0.4) is 0 Å². The lowest BCUT2D eigenvalue weighted by molar-refractivity contribution is -0.132. The number of carbonyl (C=O) groups is 3. The minimum atomic E-state index is -0.963. The highest BCUT2D eigenvalue weighted by Gasteiger charge is 2.25. The van der Waals surface area contributed by atoms with E-state index in [2.05, 4.69) is 15.8 Å². The number of nitrogens with one attached hydrogen (secondary N) is 2. The second kappa shape index (κ2) is 14.0. The quantitative estimate of drug-likeness (QED) is 0.232. The van der Waals surface area contributed by atoms with Gasteiger partial charge in [0.15, 0.2) is 12.7 Å². The number of ether oxygens (including phenoxy) is 2. The van der Waals surface area contributed by atoms with Crippen LogP contribution < -0.4 is 25.9 Å². The normalized spacial score (nSPS) is 12.4. The molecular weight excluding hydrogens is 531 g/mol. The lowest BCUT2D eigenvalue weighted by Crippen LogP contribution is -2.50. The van der Waals surface area contributed by atoms with Crippen molar-refractivity contribution in [2.24, 2.45) is 10.8 Å². The van der Waals surface area contributed by atoms with Gasteiger partial charge in [0, 0.05) is 17.0 Å². The van der Waals surface area contributed by atoms with E-state index in [4.69, 9.17) is 38.4 Å². The highest BCUT2D eigenvalue weighted by atomic mass is 35.5. The molecule has 0 saturated carbocycles. The van der Waals surface area contributed by atoms with Crippen molar-refractivity contribution in [3.8, 4) is 11.5 Å². The maximum atomic E-state index is 13.0. The molecule has 11 heteroatoms. The molecule has 2 atom stereocenters. The summed E-state index contributed by atoms with van der Waals surface area (Å²) in [5.41, 5.74) is 8.92. The Bertz CT molecular complexity index is 1300. The molecule has 3 aromatic rings. The lowest BCUT2D eigenvalue weighted by atomic mass is 10.1. The van der Waals surface area contributed by atoms with Crippen LogP contribution in [0.25, 0.3) is 0 Å². The van der Waals surface area contributed by atoms with Crippen molar-refractivity contribution < 1.29 is 23.9 Å². The highest BCUT2D eigenvalue weighted by molar-refractivity contribution is 6.35. The van der Waals surface area contributed by atoms with E-state index in [1.165, 1.54) is 12.3 Å². The van der Waals surface area contributed by atoms with Crippen LogP contribution in [0.5, 0.6) is 11.5 Å². The van der Waals surface area contributed by atoms with Crippen molar-refractivity contribution in [1.29, 1.82) is 0 Å². The zero-order chi connectivity index (χ0) is 27.5. The van der Waals surface area contributed by atoms with Gasteiger partial charge in [-0.3, -0.25) is 14.4 Å². The Morgan fingerprint density at radius 3 is 2.39 bits per heavy atom. The third-order valence-electron chi connectivity index (χ3n) is 5.15. The van der Waals surface area contributed by atoms with Gasteiger partial charge in [-0.1, -0.05) is 65.7 Å². The number of carbonyl (C=O) groups excluding carboxylic acids is 3. The smallest absolute Gasteiger partial charge is 0.262 e. The minimum absolute atomic E-state index is 0.209. The van der Waals surface area contributed by atoms with Gasteiger partial charge >= 0.3 is 0 Å². The first-order valence-corrected chi connectivity index (χ1v) is 12.3. The Labute approximate surface area is 229 Å². The summed E-state index contributed by atoms with van der Waals surface area (Å²) in [6, 6.07) is 19.7. The summed E-state index contributed by atoms with van der Waals surface area (Å²) < 4.78 is 11.0. The largest absolute Gasteiger partial charge is 0.483 e. The number of nitrogens with zero attached hydrogens (tertiary/aromatic N) is 1. The summed E-state index contributed by atoms with van der Waals surface area (Å²) >= 11 is 12.1. The number of amides is 3. The van der Waals surface area contributed by atoms with Crippen LogP contribution >= 0.6 is 23.2 Å². The summed E-state index contributed by atoms with van der Waals surface area (Å²) in [7, 11) is 0. The summed E-state index contributed by atoms with van der Waals surface area (Å²) in [5.74, 6) is -1.05. The van der Waals surface area contributed by atoms with Crippen molar-refractivity contribution in [2.45, 2.75) is 25.5 Å². The number of para-hydroxylation sites is 1. The van der Waals surface area contributed by atoms with E-state index in [-0.39, 0.29) is 23.8 Å². The molecule has 0 heterocycles. The first-order chi connectivity index (χ1) is 18.2. The van der Waals surface area contributed by atoms with E-state index in [9.17, 15) is 14.4 Å². The van der Waals surface area contributed by atoms with Crippen LogP contribution in [0.15, 0.2) is 77.9 Å². The van der Waals surface area contributed by atoms with Crippen LogP contribution in [0, 0.1) is 0 Å². The fraction of sp³-hybridized carbons (Fsp3) is 0.185. The molecule has 38 heavy (non-hydrogen) atoms. The van der Waals surface area contributed by atoms with E-state index in [0.717, 1.165) is 5.56 Å². The summed E-state index contributed by atoms with van der Waals surface area (Å²) in [5, 5.41) is 7.40. The SMILES string of the molecule is C[C@@H](Oc1ccc(Cl)cc1Cl)C(=O)N[C@@H](Cc1ccccc1)C(=O)N/N=C\c1ccccc1OCC(N)=O. The van der Waals surface area contributed by atoms with Crippen molar-refractivity contribution in [3.63, 3.8) is 0 Å². The molecule has 0 bridgehead atoms. The Kier molecular flexibility index (Phi) is 10.5. The van der Waals surface area contributed by atoms with Crippen molar-refractivity contribution >= 4 is 47.1 Å². The molecule has 0 spiro atoms. The number of primary amides is 1. The molecular formula is C27H26Cl2N4O5. The van der Waals surface area contributed by atoms with Crippen LogP contribution in [-0.4, -0.2) is 42.7 Å². The predicted molar refractivity (Wildman–Crippen MR) is 145 cm³/mol. The first kappa shape index (κ1) is 28.5. The van der Waals surface area contributed by atoms with E-state index in [1.54, 1.807) is 43.3 Å². The van der Waals surface area contributed by atoms with Gasteiger partial charge in [-0.15, -0.1) is 0 Å². The fourth-order valence-electron chi connectivity index (χ4n) is 3.27. The van der Waals surface area contributed by atoms with Gasteiger partial charge in [0.1, 0.15) is 17.5 Å². The Hall–Kier alpha value is -4.08. The molecule has 0 radical (unpaired) electrons. The van der Waals surface area contributed by atoms with Gasteiger partial charge in [-0.25, -0.2) is 5.43 Å². The molecule has 0 aliphatic rings. The monoisotopic (exact) mass is 556 g/mol. The predicted octanol–water partition coefficient (Wildman–Crippen LogP) is 3.50. The second-order valence-electron chi connectivity index (χ2n) is 8.11. The van der Waals surface area contributed by atoms with Gasteiger partial charge in [0.05, 0.1) is 11.2 Å². The first-order valence-electron chi connectivity index (χ1n) is 11.5. The molecule has 3 rings (SSSR count). The average Bonchev–Trinajstić information content (AvgIpc) is 2.89. The van der Waals surface area contributed by atoms with Crippen molar-refractivity contribution in [1.82, 2.24) is 10.7 Å². The number of hydrogen-bond acceptors (Lipinski definition) is 6. The zero-order valence-corrected chi connectivity index (χ0v) is 21.9. The molecule has 0 aliphatic heterocycles.